The van der Waals surface area contributed by atoms with Crippen molar-refractivity contribution in [2.75, 3.05) is 6.54 Å². The molecule has 1 heterocycles. The second-order valence-electron chi connectivity index (χ2n) is 5.24. The van der Waals surface area contributed by atoms with Crippen LogP contribution in [0.15, 0.2) is 54.6 Å². The molecule has 0 spiro atoms. The van der Waals surface area contributed by atoms with Gasteiger partial charge in [-0.25, -0.2) is 4.68 Å². The van der Waals surface area contributed by atoms with Gasteiger partial charge >= 0.3 is 0 Å². The van der Waals surface area contributed by atoms with Crippen LogP contribution in [0, 0.1) is 6.92 Å². The molecule has 112 valence electrons. The van der Waals surface area contributed by atoms with Crippen LogP contribution in [0.2, 0.25) is 5.02 Å². The summed E-state index contributed by atoms with van der Waals surface area (Å²) in [6.07, 6.45) is 0.746. The van der Waals surface area contributed by atoms with Crippen LogP contribution < -0.4 is 5.73 Å². The maximum atomic E-state index is 6.38. The SMILES string of the molecule is Cc1ccccc1-n1nc(CCN)cc1-c1ccccc1Cl. The number of halogens is 1. The molecule has 0 atom stereocenters. The van der Waals surface area contributed by atoms with Crippen LogP contribution in [0.3, 0.4) is 0 Å². The highest BCUT2D eigenvalue weighted by Crippen LogP contribution is 2.30. The second-order valence-corrected chi connectivity index (χ2v) is 5.64. The lowest BCUT2D eigenvalue weighted by atomic mass is 10.1. The highest BCUT2D eigenvalue weighted by Gasteiger charge is 2.14. The van der Waals surface area contributed by atoms with Gasteiger partial charge in [0.15, 0.2) is 0 Å². The van der Waals surface area contributed by atoms with Crippen LogP contribution in [0.5, 0.6) is 0 Å². The lowest BCUT2D eigenvalue weighted by molar-refractivity contribution is 0.822. The van der Waals surface area contributed by atoms with Gasteiger partial charge < -0.3 is 5.73 Å². The molecule has 2 aromatic carbocycles. The van der Waals surface area contributed by atoms with Gasteiger partial charge in [-0.2, -0.15) is 5.10 Å². The van der Waals surface area contributed by atoms with Gasteiger partial charge in [-0.1, -0.05) is 48.0 Å². The normalized spacial score (nSPS) is 10.9. The summed E-state index contributed by atoms with van der Waals surface area (Å²) in [5, 5.41) is 5.45. The van der Waals surface area contributed by atoms with Crippen LogP contribution in [-0.2, 0) is 6.42 Å². The lowest BCUT2D eigenvalue weighted by Gasteiger charge is -2.11. The van der Waals surface area contributed by atoms with E-state index in [1.165, 1.54) is 5.56 Å². The Balaban J connectivity index is 2.21. The number of nitrogens with zero attached hydrogens (tertiary/aromatic N) is 2. The summed E-state index contributed by atoms with van der Waals surface area (Å²) in [6.45, 7) is 2.66. The van der Waals surface area contributed by atoms with Crippen molar-refractivity contribution in [2.45, 2.75) is 13.3 Å². The summed E-state index contributed by atoms with van der Waals surface area (Å²) in [7, 11) is 0. The van der Waals surface area contributed by atoms with Crippen molar-refractivity contribution in [2.24, 2.45) is 5.73 Å². The van der Waals surface area contributed by atoms with E-state index in [2.05, 4.69) is 25.1 Å². The zero-order valence-corrected chi connectivity index (χ0v) is 13.2. The van der Waals surface area contributed by atoms with E-state index >= 15 is 0 Å². The first-order chi connectivity index (χ1) is 10.7. The Kier molecular flexibility index (Phi) is 4.27. The molecule has 0 radical (unpaired) electrons. The lowest BCUT2D eigenvalue weighted by Crippen LogP contribution is -2.05. The molecule has 0 bridgehead atoms. The Morgan fingerprint density at radius 3 is 2.55 bits per heavy atom. The molecule has 0 saturated carbocycles. The second kappa shape index (κ2) is 6.34. The van der Waals surface area contributed by atoms with Crippen molar-refractivity contribution in [1.82, 2.24) is 9.78 Å². The fraction of sp³-hybridized carbons (Fsp3) is 0.167. The first-order valence-electron chi connectivity index (χ1n) is 7.30. The van der Waals surface area contributed by atoms with Crippen LogP contribution in [-0.4, -0.2) is 16.3 Å². The first-order valence-corrected chi connectivity index (χ1v) is 7.68. The van der Waals surface area contributed by atoms with E-state index in [9.17, 15) is 0 Å². The third-order valence-corrected chi connectivity index (χ3v) is 3.98. The minimum atomic E-state index is 0.576. The zero-order chi connectivity index (χ0) is 15.5. The highest BCUT2D eigenvalue weighted by atomic mass is 35.5. The van der Waals surface area contributed by atoms with Gasteiger partial charge in [0.2, 0.25) is 0 Å². The molecule has 0 aliphatic rings. The number of benzene rings is 2. The zero-order valence-electron chi connectivity index (χ0n) is 12.5. The number of nitrogens with two attached hydrogens (primary N) is 1. The summed E-state index contributed by atoms with van der Waals surface area (Å²) in [4.78, 5) is 0. The molecule has 2 N–H and O–H groups in total. The number of para-hydroxylation sites is 1. The van der Waals surface area contributed by atoms with E-state index in [0.29, 0.717) is 6.54 Å². The molecule has 0 unspecified atom stereocenters. The molecule has 0 fully saturated rings. The average Bonchev–Trinajstić information content (AvgIpc) is 2.92. The number of aryl methyl sites for hydroxylation is 1. The Bertz CT molecular complexity index is 730. The quantitative estimate of drug-likeness (QED) is 0.791. The van der Waals surface area contributed by atoms with Crippen LogP contribution in [0.1, 0.15) is 11.3 Å². The summed E-state index contributed by atoms with van der Waals surface area (Å²) >= 11 is 6.38. The average molecular weight is 312 g/mol. The van der Waals surface area contributed by atoms with Gasteiger partial charge in [-0.05, 0) is 37.2 Å². The summed E-state index contributed by atoms with van der Waals surface area (Å²) < 4.78 is 1.96. The fourth-order valence-electron chi connectivity index (χ4n) is 2.55. The van der Waals surface area contributed by atoms with Crippen molar-refractivity contribution in [3.05, 3.63) is 70.9 Å². The molecule has 1 aromatic heterocycles. The topological polar surface area (TPSA) is 43.8 Å². The van der Waals surface area contributed by atoms with E-state index in [1.54, 1.807) is 0 Å². The monoisotopic (exact) mass is 311 g/mol. The van der Waals surface area contributed by atoms with Crippen molar-refractivity contribution in [3.8, 4) is 16.9 Å². The van der Waals surface area contributed by atoms with Crippen LogP contribution >= 0.6 is 11.6 Å². The van der Waals surface area contributed by atoms with Crippen molar-refractivity contribution >= 4 is 11.6 Å². The van der Waals surface area contributed by atoms with Crippen LogP contribution in [0.25, 0.3) is 16.9 Å². The highest BCUT2D eigenvalue weighted by molar-refractivity contribution is 6.33. The van der Waals surface area contributed by atoms with E-state index in [1.807, 2.05) is 41.1 Å². The molecule has 0 aliphatic carbocycles. The molecule has 0 aliphatic heterocycles. The molecule has 3 nitrogen and oxygen atoms in total. The van der Waals surface area contributed by atoms with Gasteiger partial charge in [0, 0.05) is 17.0 Å². The molecule has 3 aromatic rings. The minimum absolute atomic E-state index is 0.576. The van der Waals surface area contributed by atoms with Crippen molar-refractivity contribution < 1.29 is 0 Å². The molecule has 3 rings (SSSR count). The van der Waals surface area contributed by atoms with Gasteiger partial charge in [0.05, 0.1) is 17.1 Å². The molecule has 4 heteroatoms. The number of rotatable bonds is 4. The van der Waals surface area contributed by atoms with Crippen LogP contribution in [0.4, 0.5) is 0 Å². The van der Waals surface area contributed by atoms with Gasteiger partial charge in [0.25, 0.3) is 0 Å². The number of hydrogen-bond donors (Lipinski definition) is 1. The maximum Gasteiger partial charge on any atom is 0.0758 e. The largest absolute Gasteiger partial charge is 0.330 e. The fourth-order valence-corrected chi connectivity index (χ4v) is 2.78. The van der Waals surface area contributed by atoms with Gasteiger partial charge in [0.1, 0.15) is 0 Å². The predicted molar refractivity (Wildman–Crippen MR) is 91.5 cm³/mol. The number of aromatic nitrogens is 2. The molecule has 22 heavy (non-hydrogen) atoms. The Morgan fingerprint density at radius 1 is 1.09 bits per heavy atom. The Labute approximate surface area is 135 Å². The van der Waals surface area contributed by atoms with Gasteiger partial charge in [-0.15, -0.1) is 0 Å². The number of hydrogen-bond acceptors (Lipinski definition) is 2. The van der Waals surface area contributed by atoms with E-state index in [0.717, 1.165) is 34.1 Å². The van der Waals surface area contributed by atoms with Crippen molar-refractivity contribution in [3.63, 3.8) is 0 Å². The van der Waals surface area contributed by atoms with Gasteiger partial charge in [-0.3, -0.25) is 0 Å². The third kappa shape index (κ3) is 2.78. The summed E-state index contributed by atoms with van der Waals surface area (Å²) in [5.74, 6) is 0. The predicted octanol–water partition coefficient (Wildman–Crippen LogP) is 4.00. The third-order valence-electron chi connectivity index (χ3n) is 3.65. The van der Waals surface area contributed by atoms with Crippen molar-refractivity contribution in [1.29, 1.82) is 0 Å². The Hall–Kier alpha value is -2.10. The van der Waals surface area contributed by atoms with E-state index in [-0.39, 0.29) is 0 Å². The van der Waals surface area contributed by atoms with E-state index < -0.39 is 0 Å². The molecular formula is C18H18ClN3. The van der Waals surface area contributed by atoms with E-state index in [4.69, 9.17) is 22.4 Å². The molecule has 0 amide bonds. The summed E-state index contributed by atoms with van der Waals surface area (Å²) in [5.41, 5.74) is 10.8. The smallest absolute Gasteiger partial charge is 0.0758 e. The Morgan fingerprint density at radius 2 is 1.82 bits per heavy atom. The standard InChI is InChI=1S/C18H18ClN3/c1-13-6-2-5-9-17(13)22-18(12-14(21-22)10-11-20)15-7-3-4-8-16(15)19/h2-9,12H,10-11,20H2,1H3. The first kappa shape index (κ1) is 14.8. The molecular weight excluding hydrogens is 294 g/mol. The minimum Gasteiger partial charge on any atom is -0.330 e. The summed E-state index contributed by atoms with van der Waals surface area (Å²) in [6, 6.07) is 18.1. The molecule has 0 saturated heterocycles. The maximum absolute atomic E-state index is 6.38.